The number of hydrogen-bond donors (Lipinski definition) is 1. The molecular formula is C11H19NO3. The lowest BCUT2D eigenvalue weighted by Gasteiger charge is -2.35. The molecule has 1 saturated heterocycles. The Labute approximate surface area is 90.3 Å². The average molecular weight is 213 g/mol. The average Bonchev–Trinajstić information content (AvgIpc) is 2.45. The molecule has 1 unspecified atom stereocenters. The topological polar surface area (TPSA) is 57.6 Å². The van der Waals surface area contributed by atoms with Crippen molar-refractivity contribution in [2.75, 3.05) is 6.54 Å². The van der Waals surface area contributed by atoms with Crippen LogP contribution in [0, 0.1) is 5.41 Å². The van der Waals surface area contributed by atoms with E-state index >= 15 is 0 Å². The summed E-state index contributed by atoms with van der Waals surface area (Å²) < 4.78 is 0. The summed E-state index contributed by atoms with van der Waals surface area (Å²) in [4.78, 5) is 24.7. The smallest absolute Gasteiger partial charge is 0.329 e. The van der Waals surface area contributed by atoms with E-state index in [1.807, 2.05) is 20.8 Å². The summed E-state index contributed by atoms with van der Waals surface area (Å²) >= 11 is 0. The van der Waals surface area contributed by atoms with Gasteiger partial charge < -0.3 is 10.0 Å². The minimum Gasteiger partial charge on any atom is -0.480 e. The van der Waals surface area contributed by atoms with Gasteiger partial charge in [0.1, 0.15) is 5.54 Å². The highest BCUT2D eigenvalue weighted by Crippen LogP contribution is 2.33. The quantitative estimate of drug-likeness (QED) is 0.718. The largest absolute Gasteiger partial charge is 0.480 e. The second-order valence-electron chi connectivity index (χ2n) is 5.39. The number of likely N-dealkylation sites (tertiary alicyclic amines) is 1. The molecule has 1 rings (SSSR count). The fourth-order valence-corrected chi connectivity index (χ4v) is 1.92. The summed E-state index contributed by atoms with van der Waals surface area (Å²) in [6.07, 6.45) is 1.31. The van der Waals surface area contributed by atoms with E-state index < -0.39 is 16.9 Å². The van der Waals surface area contributed by atoms with Crippen LogP contribution in [0.1, 0.15) is 40.5 Å². The summed E-state index contributed by atoms with van der Waals surface area (Å²) in [6, 6.07) is 0. The number of aliphatic carboxylic acids is 1. The van der Waals surface area contributed by atoms with Gasteiger partial charge in [0.2, 0.25) is 5.91 Å². The van der Waals surface area contributed by atoms with Crippen molar-refractivity contribution in [3.05, 3.63) is 0 Å². The van der Waals surface area contributed by atoms with E-state index in [-0.39, 0.29) is 5.91 Å². The molecular weight excluding hydrogens is 194 g/mol. The molecule has 0 aromatic rings. The van der Waals surface area contributed by atoms with Crippen molar-refractivity contribution >= 4 is 11.9 Å². The van der Waals surface area contributed by atoms with Crippen LogP contribution in [-0.4, -0.2) is 34.0 Å². The number of carboxylic acids is 1. The van der Waals surface area contributed by atoms with Crippen LogP contribution < -0.4 is 0 Å². The maximum absolute atomic E-state index is 12.0. The lowest BCUT2D eigenvalue weighted by Crippen LogP contribution is -2.53. The van der Waals surface area contributed by atoms with Gasteiger partial charge in [-0.3, -0.25) is 4.79 Å². The Morgan fingerprint density at radius 1 is 1.33 bits per heavy atom. The standard InChI is InChI=1S/C11H19NO3/c1-10(2,3)8(13)12-7-5-6-11(12,4)9(14)15/h5-7H2,1-4H3,(H,14,15). The third kappa shape index (κ3) is 1.98. The van der Waals surface area contributed by atoms with Crippen molar-refractivity contribution in [1.29, 1.82) is 0 Å². The van der Waals surface area contributed by atoms with E-state index in [0.717, 1.165) is 6.42 Å². The summed E-state index contributed by atoms with van der Waals surface area (Å²) in [5, 5.41) is 9.16. The zero-order chi connectivity index (χ0) is 11.9. The maximum atomic E-state index is 12.0. The third-order valence-electron chi connectivity index (χ3n) is 2.99. The SMILES string of the molecule is CC(C)(C)C(=O)N1CCCC1(C)C(=O)O. The Morgan fingerprint density at radius 2 is 1.87 bits per heavy atom. The van der Waals surface area contributed by atoms with Crippen LogP contribution >= 0.6 is 0 Å². The Kier molecular flexibility index (Phi) is 2.81. The molecule has 4 nitrogen and oxygen atoms in total. The molecule has 0 radical (unpaired) electrons. The predicted octanol–water partition coefficient (Wildman–Crippen LogP) is 1.50. The molecule has 1 amide bonds. The van der Waals surface area contributed by atoms with Crippen LogP contribution in [0.3, 0.4) is 0 Å². The fraction of sp³-hybridized carbons (Fsp3) is 0.818. The van der Waals surface area contributed by atoms with E-state index in [2.05, 4.69) is 0 Å². The number of carbonyl (C=O) groups excluding carboxylic acids is 1. The molecule has 0 aromatic carbocycles. The first-order chi connectivity index (χ1) is 6.69. The summed E-state index contributed by atoms with van der Waals surface area (Å²) in [6.45, 7) is 7.63. The summed E-state index contributed by atoms with van der Waals surface area (Å²) in [5.74, 6) is -0.984. The van der Waals surface area contributed by atoms with Gasteiger partial charge in [-0.2, -0.15) is 0 Å². The third-order valence-corrected chi connectivity index (χ3v) is 2.99. The molecule has 1 aliphatic heterocycles. The molecule has 4 heteroatoms. The van der Waals surface area contributed by atoms with Crippen molar-refractivity contribution in [2.24, 2.45) is 5.41 Å². The molecule has 1 heterocycles. The zero-order valence-electron chi connectivity index (χ0n) is 9.83. The second-order valence-corrected chi connectivity index (χ2v) is 5.39. The highest BCUT2D eigenvalue weighted by atomic mass is 16.4. The Hall–Kier alpha value is -1.06. The first kappa shape index (κ1) is 12.0. The lowest BCUT2D eigenvalue weighted by atomic mass is 9.91. The second kappa shape index (κ2) is 3.51. The summed E-state index contributed by atoms with van der Waals surface area (Å²) in [7, 11) is 0. The molecule has 15 heavy (non-hydrogen) atoms. The molecule has 0 bridgehead atoms. The van der Waals surface area contributed by atoms with E-state index in [4.69, 9.17) is 5.11 Å². The Bertz CT molecular complexity index is 293. The molecule has 1 N–H and O–H groups in total. The van der Waals surface area contributed by atoms with Crippen LogP contribution in [0.25, 0.3) is 0 Å². The first-order valence-electron chi connectivity index (χ1n) is 5.25. The molecule has 0 spiro atoms. The van der Waals surface area contributed by atoms with Gasteiger partial charge in [0.15, 0.2) is 0 Å². The van der Waals surface area contributed by atoms with E-state index in [0.29, 0.717) is 13.0 Å². The van der Waals surface area contributed by atoms with Gasteiger partial charge in [-0.25, -0.2) is 4.79 Å². The zero-order valence-corrected chi connectivity index (χ0v) is 9.83. The number of nitrogens with zero attached hydrogens (tertiary/aromatic N) is 1. The minimum absolute atomic E-state index is 0.0788. The fourth-order valence-electron chi connectivity index (χ4n) is 1.92. The van der Waals surface area contributed by atoms with Gasteiger partial charge in [-0.15, -0.1) is 0 Å². The van der Waals surface area contributed by atoms with Crippen molar-refractivity contribution in [2.45, 2.75) is 46.1 Å². The van der Waals surface area contributed by atoms with Crippen LogP contribution in [0.4, 0.5) is 0 Å². The van der Waals surface area contributed by atoms with Gasteiger partial charge in [0, 0.05) is 12.0 Å². The van der Waals surface area contributed by atoms with Gasteiger partial charge in [-0.05, 0) is 19.8 Å². The molecule has 1 atom stereocenters. The molecule has 0 saturated carbocycles. The number of rotatable bonds is 1. The van der Waals surface area contributed by atoms with Crippen molar-refractivity contribution in [3.63, 3.8) is 0 Å². The van der Waals surface area contributed by atoms with Crippen LogP contribution in [-0.2, 0) is 9.59 Å². The highest BCUT2D eigenvalue weighted by molar-refractivity contribution is 5.89. The molecule has 0 aromatic heterocycles. The lowest BCUT2D eigenvalue weighted by molar-refractivity contribution is -0.158. The molecule has 0 aliphatic carbocycles. The number of carboxylic acid groups (broad SMARTS) is 1. The maximum Gasteiger partial charge on any atom is 0.329 e. The molecule has 1 fully saturated rings. The number of carbonyl (C=O) groups is 2. The Balaban J connectivity index is 2.96. The Morgan fingerprint density at radius 3 is 2.27 bits per heavy atom. The summed E-state index contributed by atoms with van der Waals surface area (Å²) in [5.41, 5.74) is -1.52. The van der Waals surface area contributed by atoms with E-state index in [9.17, 15) is 9.59 Å². The monoisotopic (exact) mass is 213 g/mol. The van der Waals surface area contributed by atoms with Crippen molar-refractivity contribution < 1.29 is 14.7 Å². The highest BCUT2D eigenvalue weighted by Gasteiger charge is 2.48. The van der Waals surface area contributed by atoms with Crippen molar-refractivity contribution in [3.8, 4) is 0 Å². The van der Waals surface area contributed by atoms with E-state index in [1.54, 1.807) is 6.92 Å². The van der Waals surface area contributed by atoms with Crippen LogP contribution in [0.5, 0.6) is 0 Å². The van der Waals surface area contributed by atoms with Crippen LogP contribution in [0.2, 0.25) is 0 Å². The molecule has 86 valence electrons. The van der Waals surface area contributed by atoms with Crippen molar-refractivity contribution in [1.82, 2.24) is 4.90 Å². The van der Waals surface area contributed by atoms with Crippen LogP contribution in [0.15, 0.2) is 0 Å². The number of amides is 1. The predicted molar refractivity (Wildman–Crippen MR) is 56.4 cm³/mol. The van der Waals surface area contributed by atoms with Gasteiger partial charge >= 0.3 is 5.97 Å². The number of hydrogen-bond acceptors (Lipinski definition) is 2. The molecule has 1 aliphatic rings. The minimum atomic E-state index is -1.01. The first-order valence-corrected chi connectivity index (χ1v) is 5.25. The van der Waals surface area contributed by atoms with Gasteiger partial charge in [-0.1, -0.05) is 20.8 Å². The van der Waals surface area contributed by atoms with E-state index in [1.165, 1.54) is 4.90 Å². The normalized spacial score (nSPS) is 26.8. The van der Waals surface area contributed by atoms with Gasteiger partial charge in [0.25, 0.3) is 0 Å². The van der Waals surface area contributed by atoms with Gasteiger partial charge in [0.05, 0.1) is 0 Å².